The summed E-state index contributed by atoms with van der Waals surface area (Å²) >= 11 is 2.75. The van der Waals surface area contributed by atoms with E-state index in [1.165, 1.54) is 11.3 Å². The SMILES string of the molecule is C[C@H]1Sc2[nH]c(=O)sc2[C@@H]2c3ccccc3OC(=O)[C@H]21. The molecular weight excluding hydrogens is 294 g/mol. The van der Waals surface area contributed by atoms with Crippen molar-refractivity contribution in [3.8, 4) is 5.75 Å². The summed E-state index contributed by atoms with van der Waals surface area (Å²) in [5, 5.41) is 0.983. The molecule has 4 rings (SSSR count). The smallest absolute Gasteiger partial charge is 0.316 e. The van der Waals surface area contributed by atoms with Gasteiger partial charge in [-0.3, -0.25) is 9.59 Å². The van der Waals surface area contributed by atoms with Crippen LogP contribution in [-0.2, 0) is 4.79 Å². The van der Waals surface area contributed by atoms with Gasteiger partial charge in [-0.05, 0) is 6.07 Å². The van der Waals surface area contributed by atoms with Crippen LogP contribution in [0, 0.1) is 5.92 Å². The van der Waals surface area contributed by atoms with Crippen molar-refractivity contribution in [3.05, 3.63) is 44.4 Å². The first-order chi connectivity index (χ1) is 9.65. The zero-order chi connectivity index (χ0) is 13.9. The fourth-order valence-electron chi connectivity index (χ4n) is 2.98. The Hall–Kier alpha value is -1.53. The highest BCUT2D eigenvalue weighted by molar-refractivity contribution is 8.00. The topological polar surface area (TPSA) is 59.2 Å². The average molecular weight is 305 g/mol. The van der Waals surface area contributed by atoms with Crippen molar-refractivity contribution >= 4 is 29.1 Å². The van der Waals surface area contributed by atoms with Gasteiger partial charge in [-0.2, -0.15) is 0 Å². The van der Waals surface area contributed by atoms with Crippen LogP contribution in [0.15, 0.2) is 34.1 Å². The van der Waals surface area contributed by atoms with Crippen molar-refractivity contribution in [2.75, 3.05) is 0 Å². The summed E-state index contributed by atoms with van der Waals surface area (Å²) in [5.74, 6) is 0.126. The molecule has 0 radical (unpaired) electrons. The van der Waals surface area contributed by atoms with E-state index in [4.69, 9.17) is 4.74 Å². The van der Waals surface area contributed by atoms with Gasteiger partial charge >= 0.3 is 10.8 Å². The first-order valence-corrected chi connectivity index (χ1v) is 8.05. The van der Waals surface area contributed by atoms with Crippen LogP contribution in [0.2, 0.25) is 0 Å². The summed E-state index contributed by atoms with van der Waals surface area (Å²) in [4.78, 5) is 27.7. The maximum atomic E-state index is 12.3. The quantitative estimate of drug-likeness (QED) is 0.600. The zero-order valence-electron chi connectivity index (χ0n) is 10.6. The van der Waals surface area contributed by atoms with Crippen molar-refractivity contribution in [1.29, 1.82) is 0 Å². The molecule has 0 aliphatic carbocycles. The molecule has 2 aliphatic heterocycles. The molecule has 0 bridgehead atoms. The van der Waals surface area contributed by atoms with Crippen LogP contribution in [0.4, 0.5) is 0 Å². The number of H-pyrrole nitrogens is 1. The minimum atomic E-state index is -0.228. The van der Waals surface area contributed by atoms with Gasteiger partial charge in [0.1, 0.15) is 5.75 Å². The number of benzene rings is 1. The number of rotatable bonds is 0. The molecule has 2 aromatic rings. The third-order valence-electron chi connectivity index (χ3n) is 3.83. The molecule has 1 aromatic carbocycles. The molecule has 0 unspecified atom stereocenters. The second-order valence-electron chi connectivity index (χ2n) is 4.99. The predicted octanol–water partition coefficient (Wildman–Crippen LogP) is 2.60. The summed E-state index contributed by atoms with van der Waals surface area (Å²) in [6, 6.07) is 7.59. The first-order valence-electron chi connectivity index (χ1n) is 6.35. The minimum absolute atomic E-state index is 0.0632. The number of hydrogen-bond acceptors (Lipinski definition) is 5. The standard InChI is InChI=1S/C14H11NO3S2/c1-6-9-10(11-12(19-6)15-14(17)20-11)7-4-2-3-5-8(7)18-13(9)16/h2-6,9-10H,1H3,(H,15,17)/t6-,9+,10-/m1/s1. The first kappa shape index (κ1) is 12.2. The van der Waals surface area contributed by atoms with Crippen molar-refractivity contribution in [3.63, 3.8) is 0 Å². The van der Waals surface area contributed by atoms with Crippen molar-refractivity contribution in [2.24, 2.45) is 5.92 Å². The molecule has 1 N–H and O–H groups in total. The number of fused-ring (bicyclic) bond motifs is 5. The van der Waals surface area contributed by atoms with Crippen LogP contribution >= 0.6 is 23.1 Å². The summed E-state index contributed by atoms with van der Waals surface area (Å²) in [5.41, 5.74) is 1.00. The highest BCUT2D eigenvalue weighted by Gasteiger charge is 2.47. The normalized spacial score (nSPS) is 27.2. The Kier molecular flexibility index (Phi) is 2.59. The Morgan fingerprint density at radius 2 is 2.05 bits per heavy atom. The van der Waals surface area contributed by atoms with Gasteiger partial charge in [0.15, 0.2) is 0 Å². The Labute approximate surface area is 123 Å². The summed E-state index contributed by atoms with van der Waals surface area (Å²) in [6.07, 6.45) is 0. The van der Waals surface area contributed by atoms with Gasteiger partial charge in [-0.25, -0.2) is 0 Å². The molecule has 1 aromatic heterocycles. The number of thiazole rings is 1. The lowest BCUT2D eigenvalue weighted by molar-refractivity contribution is -0.140. The Morgan fingerprint density at radius 1 is 1.25 bits per heavy atom. The van der Waals surface area contributed by atoms with Gasteiger partial charge in [0.2, 0.25) is 0 Å². The Bertz CT molecular complexity index is 764. The molecule has 6 heteroatoms. The molecule has 102 valence electrons. The number of carbonyl (C=O) groups is 1. The number of aromatic amines is 1. The number of ether oxygens (including phenoxy) is 1. The van der Waals surface area contributed by atoms with Gasteiger partial charge in [-0.15, -0.1) is 11.8 Å². The van der Waals surface area contributed by atoms with E-state index in [9.17, 15) is 9.59 Å². The zero-order valence-corrected chi connectivity index (χ0v) is 12.2. The summed E-state index contributed by atoms with van der Waals surface area (Å²) < 4.78 is 5.46. The second kappa shape index (κ2) is 4.23. The fourth-order valence-corrected chi connectivity index (χ4v) is 5.39. The number of aromatic nitrogens is 1. The fraction of sp³-hybridized carbons (Fsp3) is 0.286. The lowest BCUT2D eigenvalue weighted by Gasteiger charge is -2.37. The molecule has 3 atom stereocenters. The summed E-state index contributed by atoms with van der Waals surface area (Å²) in [7, 11) is 0. The molecule has 0 saturated heterocycles. The monoisotopic (exact) mass is 305 g/mol. The van der Waals surface area contributed by atoms with Gasteiger partial charge in [0.25, 0.3) is 0 Å². The molecular formula is C14H11NO3S2. The molecule has 0 fully saturated rings. The third kappa shape index (κ3) is 1.61. The maximum absolute atomic E-state index is 12.3. The van der Waals surface area contributed by atoms with Crippen LogP contribution in [-0.4, -0.2) is 16.2 Å². The predicted molar refractivity (Wildman–Crippen MR) is 77.7 cm³/mol. The molecule has 4 nitrogen and oxygen atoms in total. The Morgan fingerprint density at radius 3 is 2.90 bits per heavy atom. The maximum Gasteiger partial charge on any atom is 0.316 e. The largest absolute Gasteiger partial charge is 0.426 e. The van der Waals surface area contributed by atoms with E-state index in [0.717, 1.165) is 15.5 Å². The molecule has 20 heavy (non-hydrogen) atoms. The van der Waals surface area contributed by atoms with E-state index in [1.54, 1.807) is 11.8 Å². The molecule has 3 heterocycles. The van der Waals surface area contributed by atoms with Gasteiger partial charge in [-0.1, -0.05) is 36.5 Å². The van der Waals surface area contributed by atoms with Gasteiger partial charge < -0.3 is 9.72 Å². The minimum Gasteiger partial charge on any atom is -0.426 e. The average Bonchev–Trinajstić information content (AvgIpc) is 2.78. The van der Waals surface area contributed by atoms with Crippen LogP contribution < -0.4 is 9.61 Å². The van der Waals surface area contributed by atoms with Gasteiger partial charge in [0.05, 0.1) is 10.9 Å². The third-order valence-corrected chi connectivity index (χ3v) is 6.15. The van der Waals surface area contributed by atoms with Crippen LogP contribution in [0.3, 0.4) is 0 Å². The van der Waals surface area contributed by atoms with E-state index in [-0.39, 0.29) is 27.9 Å². The molecule has 0 amide bonds. The van der Waals surface area contributed by atoms with E-state index in [1.807, 2.05) is 31.2 Å². The highest BCUT2D eigenvalue weighted by atomic mass is 32.2. The number of para-hydroxylation sites is 1. The number of hydrogen-bond donors (Lipinski definition) is 1. The second-order valence-corrected chi connectivity index (χ2v) is 7.40. The van der Waals surface area contributed by atoms with E-state index < -0.39 is 0 Å². The number of carbonyl (C=O) groups excluding carboxylic acids is 1. The van der Waals surface area contributed by atoms with E-state index in [2.05, 4.69) is 4.98 Å². The van der Waals surface area contributed by atoms with Crippen molar-refractivity contribution in [2.45, 2.75) is 23.1 Å². The van der Waals surface area contributed by atoms with Crippen LogP contribution in [0.1, 0.15) is 23.3 Å². The number of esters is 1. The lowest BCUT2D eigenvalue weighted by atomic mass is 9.80. The molecule has 0 spiro atoms. The van der Waals surface area contributed by atoms with Gasteiger partial charge in [0, 0.05) is 21.6 Å². The molecule has 0 saturated carbocycles. The lowest BCUT2D eigenvalue weighted by Crippen LogP contribution is -2.39. The van der Waals surface area contributed by atoms with E-state index >= 15 is 0 Å². The number of nitrogens with one attached hydrogen (secondary N) is 1. The summed E-state index contributed by atoms with van der Waals surface area (Å²) in [6.45, 7) is 2.01. The number of thioether (sulfide) groups is 1. The van der Waals surface area contributed by atoms with Crippen molar-refractivity contribution < 1.29 is 9.53 Å². The van der Waals surface area contributed by atoms with E-state index in [0.29, 0.717) is 5.75 Å². The molecule has 2 aliphatic rings. The highest BCUT2D eigenvalue weighted by Crippen LogP contribution is 2.53. The van der Waals surface area contributed by atoms with Crippen molar-refractivity contribution in [1.82, 2.24) is 4.98 Å². The van der Waals surface area contributed by atoms with Crippen LogP contribution in [0.25, 0.3) is 0 Å². The Balaban J connectivity index is 1.99. The van der Waals surface area contributed by atoms with Crippen LogP contribution in [0.5, 0.6) is 5.75 Å².